The normalized spacial score (nSPS) is 17.4. The molecule has 1 unspecified atom stereocenters. The number of fused-ring (bicyclic) bond motifs is 1. The summed E-state index contributed by atoms with van der Waals surface area (Å²) in [5.41, 5.74) is 1.06. The topological polar surface area (TPSA) is 47.6 Å². The minimum absolute atomic E-state index is 0.0937. The number of methoxy groups -OCH3 is 1. The molecule has 2 aromatic rings. The van der Waals surface area contributed by atoms with Crippen molar-refractivity contribution in [3.63, 3.8) is 0 Å². The van der Waals surface area contributed by atoms with Crippen molar-refractivity contribution < 1.29 is 18.7 Å². The van der Waals surface area contributed by atoms with Gasteiger partial charge in [0.25, 0.3) is 0 Å². The van der Waals surface area contributed by atoms with Gasteiger partial charge in [-0.15, -0.1) is 11.8 Å². The lowest BCUT2D eigenvalue weighted by molar-refractivity contribution is -0.119. The summed E-state index contributed by atoms with van der Waals surface area (Å²) in [5.74, 6) is 1.63. The smallest absolute Gasteiger partial charge is 0.230 e. The van der Waals surface area contributed by atoms with E-state index in [-0.39, 0.29) is 23.5 Å². The summed E-state index contributed by atoms with van der Waals surface area (Å²) in [7, 11) is 1.61. The van der Waals surface area contributed by atoms with E-state index < -0.39 is 5.60 Å². The summed E-state index contributed by atoms with van der Waals surface area (Å²) < 4.78 is 25.2. The second kappa shape index (κ2) is 8.62. The Balaban J connectivity index is 1.62. The molecule has 0 saturated heterocycles. The fraction of sp³-hybridized carbons (Fsp3) is 0.381. The number of halogens is 2. The van der Waals surface area contributed by atoms with Crippen molar-refractivity contribution >= 4 is 29.3 Å². The molecule has 1 N–H and O–H groups in total. The highest BCUT2D eigenvalue weighted by atomic mass is 35.5. The van der Waals surface area contributed by atoms with Gasteiger partial charge in [0.1, 0.15) is 22.9 Å². The SMILES string of the molecule is COc1ccc2c(c1)OC(C)(C)CC2NC(=O)CSCc1ccc(Cl)cc1F. The monoisotopic (exact) mass is 423 g/mol. The summed E-state index contributed by atoms with van der Waals surface area (Å²) in [6.45, 7) is 3.99. The van der Waals surface area contributed by atoms with E-state index in [1.54, 1.807) is 19.2 Å². The molecule has 4 nitrogen and oxygen atoms in total. The largest absolute Gasteiger partial charge is 0.497 e. The van der Waals surface area contributed by atoms with Crippen LogP contribution in [0.5, 0.6) is 11.5 Å². The summed E-state index contributed by atoms with van der Waals surface area (Å²) in [5, 5.41) is 3.45. The Bertz CT molecular complexity index is 875. The van der Waals surface area contributed by atoms with Gasteiger partial charge in [-0.2, -0.15) is 0 Å². The lowest BCUT2D eigenvalue weighted by atomic mass is 9.89. The number of hydrogen-bond acceptors (Lipinski definition) is 4. The maximum absolute atomic E-state index is 13.8. The van der Waals surface area contributed by atoms with Gasteiger partial charge >= 0.3 is 0 Å². The number of ether oxygens (including phenoxy) is 2. The molecule has 2 aromatic carbocycles. The second-order valence-corrected chi connectivity index (χ2v) is 8.74. The lowest BCUT2D eigenvalue weighted by Crippen LogP contribution is -2.41. The van der Waals surface area contributed by atoms with Gasteiger partial charge in [-0.1, -0.05) is 17.7 Å². The molecule has 0 fully saturated rings. The Labute approximate surface area is 173 Å². The summed E-state index contributed by atoms with van der Waals surface area (Å²) in [6.07, 6.45) is 0.661. The van der Waals surface area contributed by atoms with E-state index in [9.17, 15) is 9.18 Å². The Morgan fingerprint density at radius 2 is 2.14 bits per heavy atom. The number of benzene rings is 2. The van der Waals surface area contributed by atoms with Crippen molar-refractivity contribution in [2.75, 3.05) is 12.9 Å². The van der Waals surface area contributed by atoms with Crippen molar-refractivity contribution in [1.29, 1.82) is 0 Å². The van der Waals surface area contributed by atoms with Crippen molar-refractivity contribution in [3.05, 3.63) is 58.4 Å². The van der Waals surface area contributed by atoms with Crippen LogP contribution in [-0.4, -0.2) is 24.4 Å². The Morgan fingerprint density at radius 3 is 2.86 bits per heavy atom. The number of nitrogens with one attached hydrogen (secondary N) is 1. The minimum atomic E-state index is -0.406. The predicted molar refractivity (Wildman–Crippen MR) is 111 cm³/mol. The number of thioether (sulfide) groups is 1. The highest BCUT2D eigenvalue weighted by Crippen LogP contribution is 2.41. The summed E-state index contributed by atoms with van der Waals surface area (Å²) in [6, 6.07) is 10.1. The van der Waals surface area contributed by atoms with Crippen LogP contribution in [0.4, 0.5) is 4.39 Å². The van der Waals surface area contributed by atoms with Crippen LogP contribution in [0.1, 0.15) is 37.4 Å². The van der Waals surface area contributed by atoms with E-state index in [1.807, 2.05) is 32.0 Å². The molecule has 3 rings (SSSR count). The fourth-order valence-corrected chi connectivity index (χ4v) is 4.20. The van der Waals surface area contributed by atoms with Gasteiger partial charge in [-0.25, -0.2) is 4.39 Å². The average molecular weight is 424 g/mol. The van der Waals surface area contributed by atoms with Gasteiger partial charge in [-0.05, 0) is 43.7 Å². The molecule has 0 bridgehead atoms. The third-order valence-corrected chi connectivity index (χ3v) is 5.74. The lowest BCUT2D eigenvalue weighted by Gasteiger charge is -2.38. The molecule has 150 valence electrons. The summed E-state index contributed by atoms with van der Waals surface area (Å²) in [4.78, 5) is 12.5. The van der Waals surface area contributed by atoms with Crippen molar-refractivity contribution in [1.82, 2.24) is 5.32 Å². The van der Waals surface area contributed by atoms with Gasteiger partial charge in [-0.3, -0.25) is 4.79 Å². The van der Waals surface area contributed by atoms with E-state index in [1.165, 1.54) is 17.8 Å². The number of carbonyl (C=O) groups is 1. The van der Waals surface area contributed by atoms with E-state index in [0.717, 1.165) is 11.3 Å². The first kappa shape index (κ1) is 20.8. The molecule has 1 aliphatic rings. The Hall–Kier alpha value is -1.92. The molecule has 0 aromatic heterocycles. The fourth-order valence-electron chi connectivity index (χ4n) is 3.22. The first-order chi connectivity index (χ1) is 13.3. The van der Waals surface area contributed by atoms with Crippen LogP contribution in [0.25, 0.3) is 0 Å². The average Bonchev–Trinajstić information content (AvgIpc) is 2.62. The molecular formula is C21H23ClFNO3S. The highest BCUT2D eigenvalue weighted by Gasteiger charge is 2.34. The van der Waals surface area contributed by atoms with Crippen LogP contribution in [0.3, 0.4) is 0 Å². The van der Waals surface area contributed by atoms with Crippen LogP contribution in [0, 0.1) is 5.82 Å². The molecule has 1 aliphatic heterocycles. The van der Waals surface area contributed by atoms with E-state index in [0.29, 0.717) is 28.5 Å². The zero-order chi connectivity index (χ0) is 20.3. The first-order valence-corrected chi connectivity index (χ1v) is 10.5. The van der Waals surface area contributed by atoms with E-state index in [4.69, 9.17) is 21.1 Å². The Morgan fingerprint density at radius 1 is 1.36 bits per heavy atom. The molecule has 1 amide bonds. The molecule has 1 atom stereocenters. The van der Waals surface area contributed by atoms with Gasteiger partial charge < -0.3 is 14.8 Å². The summed E-state index contributed by atoms with van der Waals surface area (Å²) >= 11 is 7.13. The van der Waals surface area contributed by atoms with Crippen molar-refractivity contribution in [3.8, 4) is 11.5 Å². The van der Waals surface area contributed by atoms with Crippen molar-refractivity contribution in [2.24, 2.45) is 0 Å². The van der Waals surface area contributed by atoms with Crippen LogP contribution in [0.15, 0.2) is 36.4 Å². The first-order valence-electron chi connectivity index (χ1n) is 8.95. The van der Waals surface area contributed by atoms with Crippen LogP contribution < -0.4 is 14.8 Å². The standard InChI is InChI=1S/C21H23ClFNO3S/c1-21(2)10-18(16-7-6-15(26-3)9-19(16)27-21)24-20(25)12-28-11-13-4-5-14(22)8-17(13)23/h4-9,18H,10-12H2,1-3H3,(H,24,25). The number of hydrogen-bond donors (Lipinski definition) is 1. The van der Waals surface area contributed by atoms with E-state index >= 15 is 0 Å². The molecule has 1 heterocycles. The van der Waals surface area contributed by atoms with Crippen LogP contribution in [0.2, 0.25) is 5.02 Å². The minimum Gasteiger partial charge on any atom is -0.497 e. The zero-order valence-electron chi connectivity index (χ0n) is 16.1. The molecule has 28 heavy (non-hydrogen) atoms. The molecule has 7 heteroatoms. The number of rotatable bonds is 6. The van der Waals surface area contributed by atoms with E-state index in [2.05, 4.69) is 5.32 Å². The van der Waals surface area contributed by atoms with Gasteiger partial charge in [0.15, 0.2) is 0 Å². The molecule has 0 saturated carbocycles. The van der Waals surface area contributed by atoms with Gasteiger partial charge in [0.2, 0.25) is 5.91 Å². The molecule has 0 aliphatic carbocycles. The maximum Gasteiger partial charge on any atom is 0.230 e. The number of amides is 1. The van der Waals surface area contributed by atoms with Crippen LogP contribution >= 0.6 is 23.4 Å². The maximum atomic E-state index is 13.8. The van der Waals surface area contributed by atoms with Gasteiger partial charge in [0, 0.05) is 28.8 Å². The Kier molecular flexibility index (Phi) is 6.40. The quantitative estimate of drug-likeness (QED) is 0.698. The second-order valence-electron chi connectivity index (χ2n) is 7.32. The third-order valence-electron chi connectivity index (χ3n) is 4.52. The molecule has 0 radical (unpaired) electrons. The van der Waals surface area contributed by atoms with Gasteiger partial charge in [0.05, 0.1) is 18.9 Å². The molecule has 0 spiro atoms. The van der Waals surface area contributed by atoms with Crippen molar-refractivity contribution in [2.45, 2.75) is 37.7 Å². The highest BCUT2D eigenvalue weighted by molar-refractivity contribution is 7.99. The van der Waals surface area contributed by atoms with Crippen LogP contribution in [-0.2, 0) is 10.5 Å². The predicted octanol–water partition coefficient (Wildman–Crippen LogP) is 5.14. The number of carbonyl (C=O) groups excluding carboxylic acids is 1. The molecular weight excluding hydrogens is 401 g/mol. The zero-order valence-corrected chi connectivity index (χ0v) is 17.6. The third kappa shape index (κ3) is 5.11.